The van der Waals surface area contributed by atoms with E-state index in [-0.39, 0.29) is 12.1 Å². The Labute approximate surface area is 64.6 Å². The van der Waals surface area contributed by atoms with Gasteiger partial charge >= 0.3 is 0 Å². The number of aliphatic hydroxyl groups excluding tert-OH is 1. The molecule has 1 fully saturated rings. The Kier molecular flexibility index (Phi) is 2.73. The lowest BCUT2D eigenvalue weighted by Crippen LogP contribution is -2.46. The zero-order chi connectivity index (χ0) is 8.27. The van der Waals surface area contributed by atoms with Crippen molar-refractivity contribution < 1.29 is 14.7 Å². The number of aldehydes is 1. The molecular formula is C7H11NO3. The summed E-state index contributed by atoms with van der Waals surface area (Å²) in [6.45, 7) is 0.407. The van der Waals surface area contributed by atoms with Gasteiger partial charge in [0, 0.05) is 6.54 Å². The summed E-state index contributed by atoms with van der Waals surface area (Å²) in [6, 6.07) is -0.365. The van der Waals surface area contributed by atoms with Gasteiger partial charge in [-0.2, -0.15) is 0 Å². The van der Waals surface area contributed by atoms with E-state index in [0.717, 1.165) is 0 Å². The molecule has 1 heterocycles. The van der Waals surface area contributed by atoms with Gasteiger partial charge in [-0.15, -0.1) is 0 Å². The van der Waals surface area contributed by atoms with Crippen LogP contribution in [-0.2, 0) is 9.59 Å². The lowest BCUT2D eigenvalue weighted by atomic mass is 10.0. The summed E-state index contributed by atoms with van der Waals surface area (Å²) >= 11 is 0. The number of ketones is 1. The minimum atomic E-state index is -0.420. The van der Waals surface area contributed by atoms with Crippen LogP contribution in [0.1, 0.15) is 12.8 Å². The van der Waals surface area contributed by atoms with Crippen molar-refractivity contribution in [1.82, 2.24) is 5.32 Å². The SMILES string of the molecule is O=CC(=O)C1CCC(O)CN1. The molecule has 0 saturated carbocycles. The molecule has 62 valence electrons. The zero-order valence-corrected chi connectivity index (χ0v) is 6.12. The first-order chi connectivity index (χ1) is 5.24. The molecule has 1 aliphatic rings. The predicted molar refractivity (Wildman–Crippen MR) is 38.1 cm³/mol. The molecule has 0 aromatic rings. The number of carbonyl (C=O) groups excluding carboxylic acids is 2. The third-order valence-corrected chi connectivity index (χ3v) is 1.85. The molecular weight excluding hydrogens is 146 g/mol. The number of nitrogens with one attached hydrogen (secondary N) is 1. The van der Waals surface area contributed by atoms with E-state index in [1.807, 2.05) is 0 Å². The molecule has 4 nitrogen and oxygen atoms in total. The van der Waals surface area contributed by atoms with Crippen molar-refractivity contribution in [3.63, 3.8) is 0 Å². The van der Waals surface area contributed by atoms with Gasteiger partial charge in [-0.25, -0.2) is 0 Å². The Morgan fingerprint density at radius 2 is 2.27 bits per heavy atom. The van der Waals surface area contributed by atoms with Crippen molar-refractivity contribution in [2.75, 3.05) is 6.54 Å². The summed E-state index contributed by atoms with van der Waals surface area (Å²) in [5.41, 5.74) is 0. The molecule has 0 radical (unpaired) electrons. The summed E-state index contributed by atoms with van der Waals surface area (Å²) in [7, 11) is 0. The molecule has 0 bridgehead atoms. The van der Waals surface area contributed by atoms with E-state index < -0.39 is 5.78 Å². The Hall–Kier alpha value is -0.740. The van der Waals surface area contributed by atoms with Crippen molar-refractivity contribution in [1.29, 1.82) is 0 Å². The van der Waals surface area contributed by atoms with Crippen molar-refractivity contribution in [3.05, 3.63) is 0 Å². The maximum Gasteiger partial charge on any atom is 0.212 e. The van der Waals surface area contributed by atoms with E-state index in [1.165, 1.54) is 0 Å². The number of piperidine rings is 1. The van der Waals surface area contributed by atoms with Crippen molar-refractivity contribution >= 4 is 12.1 Å². The Bertz CT molecular complexity index is 161. The Morgan fingerprint density at radius 3 is 2.73 bits per heavy atom. The molecule has 0 aromatic carbocycles. The third kappa shape index (κ3) is 2.10. The molecule has 0 amide bonds. The predicted octanol–water partition coefficient (Wildman–Crippen LogP) is -1.13. The largest absolute Gasteiger partial charge is 0.392 e. The number of aliphatic hydroxyl groups is 1. The van der Waals surface area contributed by atoms with Crippen molar-refractivity contribution in [3.8, 4) is 0 Å². The van der Waals surface area contributed by atoms with Gasteiger partial charge in [0.2, 0.25) is 5.78 Å². The molecule has 1 saturated heterocycles. The van der Waals surface area contributed by atoms with Crippen LogP contribution in [-0.4, -0.2) is 35.9 Å². The highest BCUT2D eigenvalue weighted by Crippen LogP contribution is 2.07. The second-order valence-electron chi connectivity index (χ2n) is 2.71. The van der Waals surface area contributed by atoms with Gasteiger partial charge in [0.25, 0.3) is 0 Å². The number of hydrogen-bond donors (Lipinski definition) is 2. The molecule has 1 aliphatic heterocycles. The van der Waals surface area contributed by atoms with Gasteiger partial charge in [0.05, 0.1) is 12.1 Å². The van der Waals surface area contributed by atoms with E-state index >= 15 is 0 Å². The van der Waals surface area contributed by atoms with Gasteiger partial charge < -0.3 is 10.4 Å². The molecule has 0 aliphatic carbocycles. The molecule has 2 N–H and O–H groups in total. The first kappa shape index (κ1) is 8.36. The van der Waals surface area contributed by atoms with E-state index in [9.17, 15) is 9.59 Å². The first-order valence-corrected chi connectivity index (χ1v) is 3.64. The van der Waals surface area contributed by atoms with Gasteiger partial charge in [0.15, 0.2) is 6.29 Å². The minimum absolute atomic E-state index is 0.329. The molecule has 4 heteroatoms. The molecule has 2 unspecified atom stereocenters. The fraction of sp³-hybridized carbons (Fsp3) is 0.714. The van der Waals surface area contributed by atoms with Gasteiger partial charge in [-0.1, -0.05) is 0 Å². The summed E-state index contributed by atoms with van der Waals surface area (Å²) in [5, 5.41) is 11.8. The number of β-amino-alcohol motifs (C(OH)–C–C–N with tert-alkyl or cyclic N) is 1. The molecule has 11 heavy (non-hydrogen) atoms. The van der Waals surface area contributed by atoms with Crippen LogP contribution < -0.4 is 5.32 Å². The number of Topliss-reactive ketones (excluding diaryl/α,β-unsaturated/α-hetero) is 1. The fourth-order valence-electron chi connectivity index (χ4n) is 1.17. The fourth-order valence-corrected chi connectivity index (χ4v) is 1.17. The first-order valence-electron chi connectivity index (χ1n) is 3.64. The monoisotopic (exact) mass is 157 g/mol. The highest BCUT2D eigenvalue weighted by Gasteiger charge is 2.23. The van der Waals surface area contributed by atoms with Crippen LogP contribution in [0.5, 0.6) is 0 Å². The number of hydrogen-bond acceptors (Lipinski definition) is 4. The lowest BCUT2D eigenvalue weighted by Gasteiger charge is -2.24. The average Bonchev–Trinajstić information content (AvgIpc) is 2.05. The second kappa shape index (κ2) is 3.59. The lowest BCUT2D eigenvalue weighted by molar-refractivity contribution is -0.131. The van der Waals surface area contributed by atoms with E-state index in [4.69, 9.17) is 5.11 Å². The summed E-state index contributed by atoms with van der Waals surface area (Å²) in [4.78, 5) is 20.8. The van der Waals surface area contributed by atoms with Crippen LogP contribution in [0.25, 0.3) is 0 Å². The second-order valence-corrected chi connectivity index (χ2v) is 2.71. The smallest absolute Gasteiger partial charge is 0.212 e. The molecule has 1 rings (SSSR count). The summed E-state index contributed by atoms with van der Waals surface area (Å²) in [6.07, 6.45) is 1.11. The maximum absolute atomic E-state index is 10.8. The van der Waals surface area contributed by atoms with Crippen LogP contribution in [0.15, 0.2) is 0 Å². The maximum atomic E-state index is 10.8. The quantitative estimate of drug-likeness (QED) is 0.393. The van der Waals surface area contributed by atoms with Gasteiger partial charge in [-0.3, -0.25) is 9.59 Å². The van der Waals surface area contributed by atoms with Gasteiger partial charge in [0.1, 0.15) is 0 Å². The molecule has 2 atom stereocenters. The molecule has 0 spiro atoms. The average molecular weight is 157 g/mol. The topological polar surface area (TPSA) is 66.4 Å². The van der Waals surface area contributed by atoms with Crippen molar-refractivity contribution in [2.45, 2.75) is 25.0 Å². The highest BCUT2D eigenvalue weighted by molar-refractivity contribution is 6.27. The number of rotatable bonds is 2. The van der Waals surface area contributed by atoms with Crippen LogP contribution in [0.4, 0.5) is 0 Å². The van der Waals surface area contributed by atoms with Crippen LogP contribution in [0.2, 0.25) is 0 Å². The van der Waals surface area contributed by atoms with E-state index in [2.05, 4.69) is 5.32 Å². The zero-order valence-electron chi connectivity index (χ0n) is 6.12. The summed E-state index contributed by atoms with van der Waals surface area (Å²) in [5.74, 6) is -0.420. The minimum Gasteiger partial charge on any atom is -0.392 e. The normalized spacial score (nSPS) is 31.4. The van der Waals surface area contributed by atoms with Crippen LogP contribution in [0, 0.1) is 0 Å². The van der Waals surface area contributed by atoms with Crippen LogP contribution in [0.3, 0.4) is 0 Å². The van der Waals surface area contributed by atoms with Gasteiger partial charge in [-0.05, 0) is 12.8 Å². The third-order valence-electron chi connectivity index (χ3n) is 1.85. The Balaban J connectivity index is 2.38. The summed E-state index contributed by atoms with van der Waals surface area (Å²) < 4.78 is 0. The number of carbonyl (C=O) groups is 2. The van der Waals surface area contributed by atoms with Crippen molar-refractivity contribution in [2.24, 2.45) is 0 Å². The standard InChI is InChI=1S/C7H11NO3/c9-4-7(11)6-2-1-5(10)3-8-6/h4-6,8,10H,1-3H2. The molecule has 0 aromatic heterocycles. The van der Waals surface area contributed by atoms with Crippen LogP contribution >= 0.6 is 0 Å². The van der Waals surface area contributed by atoms with E-state index in [0.29, 0.717) is 25.7 Å². The highest BCUT2D eigenvalue weighted by atomic mass is 16.3. The van der Waals surface area contributed by atoms with E-state index in [1.54, 1.807) is 0 Å². The Morgan fingerprint density at radius 1 is 1.55 bits per heavy atom.